The van der Waals surface area contributed by atoms with Crippen molar-refractivity contribution < 1.29 is 14.9 Å². The topological polar surface area (TPSA) is 128 Å². The van der Waals surface area contributed by atoms with E-state index < -0.39 is 5.56 Å². The fourth-order valence-corrected chi connectivity index (χ4v) is 3.38. The number of hydrogen-bond donors (Lipinski definition) is 3. The van der Waals surface area contributed by atoms with Crippen LogP contribution in [0.3, 0.4) is 0 Å². The van der Waals surface area contributed by atoms with Crippen LogP contribution in [-0.2, 0) is 4.74 Å². The van der Waals surface area contributed by atoms with Crippen molar-refractivity contribution in [1.29, 1.82) is 0 Å². The summed E-state index contributed by atoms with van der Waals surface area (Å²) in [5, 5.41) is 18.5. The van der Waals surface area contributed by atoms with Crippen molar-refractivity contribution in [3.8, 4) is 0 Å². The Balaban J connectivity index is 2.06. The van der Waals surface area contributed by atoms with Gasteiger partial charge in [0.1, 0.15) is 5.52 Å². The molecule has 3 rings (SSSR count). The number of nitrogens with one attached hydrogen (secondary N) is 1. The molecule has 1 saturated heterocycles. The normalized spacial score (nSPS) is 15.5. The number of aromatic amines is 1. The maximum Gasteiger partial charge on any atom is 0.279 e. The second-order valence-electron chi connectivity index (χ2n) is 6.26. The third-order valence-corrected chi connectivity index (χ3v) is 4.78. The Hall–Kier alpha value is -2.01. The molecule has 0 amide bonds. The number of methoxy groups -OCH3 is 1. The van der Waals surface area contributed by atoms with Gasteiger partial charge in [0.25, 0.3) is 5.56 Å². The fourth-order valence-electron chi connectivity index (χ4n) is 3.21. The summed E-state index contributed by atoms with van der Waals surface area (Å²) in [4.78, 5) is 31.7. The number of aliphatic hydroxyl groups excluding tert-OH is 2. The highest BCUT2D eigenvalue weighted by Gasteiger charge is 2.24. The average molecular weight is 399 g/mol. The lowest BCUT2D eigenvalue weighted by molar-refractivity contribution is 0.0818. The van der Waals surface area contributed by atoms with Gasteiger partial charge < -0.3 is 24.7 Å². The Bertz CT molecular complexity index is 834. The molecule has 2 aromatic heterocycles. The molecule has 11 heteroatoms. The van der Waals surface area contributed by atoms with Crippen molar-refractivity contribution in [2.24, 2.45) is 0 Å². The molecule has 0 saturated carbocycles. The summed E-state index contributed by atoms with van der Waals surface area (Å²) in [6.45, 7) is 1.55. The highest BCUT2D eigenvalue weighted by molar-refractivity contribution is 6.28. The first kappa shape index (κ1) is 19.7. The average Bonchev–Trinajstić information content (AvgIpc) is 2.68. The molecule has 0 atom stereocenters. The lowest BCUT2D eigenvalue weighted by Gasteiger charge is -2.32. The van der Waals surface area contributed by atoms with Crippen molar-refractivity contribution in [3.63, 3.8) is 0 Å². The molecule has 0 unspecified atom stereocenters. The largest absolute Gasteiger partial charge is 0.395 e. The predicted octanol–water partition coefficient (Wildman–Crippen LogP) is -0.227. The monoisotopic (exact) mass is 398 g/mol. The SMILES string of the molecule is COC1CCN(c2nc(Cl)nc3c(=O)[nH]c(N(CCO)CCO)nc23)CC1. The highest BCUT2D eigenvalue weighted by atomic mass is 35.5. The molecule has 0 spiro atoms. The Morgan fingerprint density at radius 3 is 2.44 bits per heavy atom. The maximum absolute atomic E-state index is 12.6. The molecule has 148 valence electrons. The summed E-state index contributed by atoms with van der Waals surface area (Å²) in [7, 11) is 1.70. The molecule has 0 aliphatic carbocycles. The summed E-state index contributed by atoms with van der Waals surface area (Å²) in [5.41, 5.74) is -0.00124. The third-order valence-electron chi connectivity index (χ3n) is 4.61. The van der Waals surface area contributed by atoms with E-state index >= 15 is 0 Å². The fraction of sp³-hybridized carbons (Fsp3) is 0.625. The molecule has 2 aromatic rings. The van der Waals surface area contributed by atoms with Crippen LogP contribution in [0.15, 0.2) is 4.79 Å². The molecular formula is C16H23ClN6O4. The van der Waals surface area contributed by atoms with E-state index in [1.54, 1.807) is 12.0 Å². The Labute approximate surface area is 160 Å². The summed E-state index contributed by atoms with van der Waals surface area (Å²) < 4.78 is 5.40. The van der Waals surface area contributed by atoms with Crippen molar-refractivity contribution in [3.05, 3.63) is 15.6 Å². The third kappa shape index (κ3) is 4.29. The zero-order valence-electron chi connectivity index (χ0n) is 15.1. The van der Waals surface area contributed by atoms with E-state index in [1.165, 1.54) is 0 Å². The van der Waals surface area contributed by atoms with Crippen LogP contribution in [0.1, 0.15) is 12.8 Å². The number of hydrogen-bond acceptors (Lipinski definition) is 9. The van der Waals surface area contributed by atoms with Gasteiger partial charge in [-0.2, -0.15) is 4.98 Å². The van der Waals surface area contributed by atoms with Crippen LogP contribution in [0.2, 0.25) is 5.28 Å². The van der Waals surface area contributed by atoms with Crippen molar-refractivity contribution in [1.82, 2.24) is 19.9 Å². The van der Waals surface area contributed by atoms with Gasteiger partial charge in [-0.3, -0.25) is 9.78 Å². The van der Waals surface area contributed by atoms with Crippen LogP contribution in [0.5, 0.6) is 0 Å². The zero-order chi connectivity index (χ0) is 19.4. The Kier molecular flexibility index (Phi) is 6.42. The van der Waals surface area contributed by atoms with E-state index in [4.69, 9.17) is 16.3 Å². The number of halogens is 1. The van der Waals surface area contributed by atoms with Gasteiger partial charge in [-0.15, -0.1) is 0 Å². The first-order valence-electron chi connectivity index (χ1n) is 8.79. The lowest BCUT2D eigenvalue weighted by atomic mass is 10.1. The smallest absolute Gasteiger partial charge is 0.279 e. The van der Waals surface area contributed by atoms with Crippen molar-refractivity contribution >= 4 is 34.4 Å². The van der Waals surface area contributed by atoms with Gasteiger partial charge in [0.05, 0.1) is 19.3 Å². The minimum atomic E-state index is -0.451. The first-order chi connectivity index (χ1) is 13.1. The summed E-state index contributed by atoms with van der Waals surface area (Å²) in [5.74, 6) is 0.745. The van der Waals surface area contributed by atoms with E-state index in [1.807, 2.05) is 4.90 Å². The van der Waals surface area contributed by atoms with E-state index in [0.717, 1.165) is 12.8 Å². The Morgan fingerprint density at radius 1 is 1.19 bits per heavy atom. The van der Waals surface area contributed by atoms with Gasteiger partial charge in [0.15, 0.2) is 11.3 Å². The van der Waals surface area contributed by atoms with Gasteiger partial charge in [-0.1, -0.05) is 0 Å². The highest BCUT2D eigenvalue weighted by Crippen LogP contribution is 2.26. The van der Waals surface area contributed by atoms with Gasteiger partial charge in [0, 0.05) is 33.3 Å². The predicted molar refractivity (Wildman–Crippen MR) is 102 cm³/mol. The molecule has 27 heavy (non-hydrogen) atoms. The second-order valence-corrected chi connectivity index (χ2v) is 6.60. The van der Waals surface area contributed by atoms with Gasteiger partial charge in [-0.25, -0.2) is 9.97 Å². The molecule has 10 nitrogen and oxygen atoms in total. The number of fused-ring (bicyclic) bond motifs is 1. The van der Waals surface area contributed by atoms with Crippen LogP contribution < -0.4 is 15.4 Å². The molecule has 1 aliphatic rings. The summed E-state index contributed by atoms with van der Waals surface area (Å²) >= 11 is 6.04. The summed E-state index contributed by atoms with van der Waals surface area (Å²) in [6, 6.07) is 0. The van der Waals surface area contributed by atoms with E-state index in [9.17, 15) is 15.0 Å². The minimum absolute atomic E-state index is 0.0195. The number of aromatic nitrogens is 4. The van der Waals surface area contributed by atoms with Crippen molar-refractivity contribution in [2.75, 3.05) is 56.3 Å². The second kappa shape index (κ2) is 8.79. The van der Waals surface area contributed by atoms with Gasteiger partial charge in [0.2, 0.25) is 11.2 Å². The number of rotatable bonds is 7. The molecule has 1 aliphatic heterocycles. The molecule has 0 aromatic carbocycles. The Morgan fingerprint density at radius 2 is 1.85 bits per heavy atom. The number of H-pyrrole nitrogens is 1. The molecule has 0 radical (unpaired) electrons. The molecule has 3 heterocycles. The van der Waals surface area contributed by atoms with Crippen LogP contribution in [-0.4, -0.2) is 82.8 Å². The number of anilines is 2. The minimum Gasteiger partial charge on any atom is -0.395 e. The number of nitrogens with zero attached hydrogens (tertiary/aromatic N) is 5. The summed E-state index contributed by atoms with van der Waals surface area (Å²) in [6.07, 6.45) is 1.86. The maximum atomic E-state index is 12.6. The lowest BCUT2D eigenvalue weighted by Crippen LogP contribution is -2.38. The first-order valence-corrected chi connectivity index (χ1v) is 9.17. The zero-order valence-corrected chi connectivity index (χ0v) is 15.8. The standard InChI is InChI=1S/C16H23ClN6O4/c1-27-10-2-4-22(5-3-10)13-11-12(18-15(17)20-13)14(26)21-16(19-11)23(6-8-24)7-9-25/h10,24-25H,2-9H2,1H3,(H,19,21,26). The van der Waals surface area contributed by atoms with E-state index in [-0.39, 0.29) is 49.2 Å². The van der Waals surface area contributed by atoms with E-state index in [0.29, 0.717) is 24.4 Å². The molecule has 0 bridgehead atoms. The number of aliphatic hydroxyl groups is 2. The van der Waals surface area contributed by atoms with Gasteiger partial charge >= 0.3 is 0 Å². The van der Waals surface area contributed by atoms with E-state index in [2.05, 4.69) is 19.9 Å². The van der Waals surface area contributed by atoms with Crippen molar-refractivity contribution in [2.45, 2.75) is 18.9 Å². The van der Waals surface area contributed by atoms with Gasteiger partial charge in [-0.05, 0) is 24.4 Å². The molecular weight excluding hydrogens is 376 g/mol. The molecule has 3 N–H and O–H groups in total. The van der Waals surface area contributed by atoms with Crippen LogP contribution in [0.25, 0.3) is 11.0 Å². The number of piperidine rings is 1. The van der Waals surface area contributed by atoms with Crippen LogP contribution >= 0.6 is 11.6 Å². The number of ether oxygens (including phenoxy) is 1. The van der Waals surface area contributed by atoms with Crippen LogP contribution in [0.4, 0.5) is 11.8 Å². The molecule has 1 fully saturated rings. The quantitative estimate of drug-likeness (QED) is 0.542. The van der Waals surface area contributed by atoms with Crippen LogP contribution in [0, 0.1) is 0 Å².